The molecule has 0 N–H and O–H groups in total. The second-order valence-corrected chi connectivity index (χ2v) is 11.2. The van der Waals surface area contributed by atoms with Crippen molar-refractivity contribution in [3.63, 3.8) is 0 Å². The third-order valence-electron chi connectivity index (χ3n) is 6.05. The Morgan fingerprint density at radius 3 is 1.58 bits per heavy atom. The Morgan fingerprint density at radius 2 is 1.06 bits per heavy atom. The van der Waals surface area contributed by atoms with Gasteiger partial charge in [0.05, 0.1) is 0 Å². The van der Waals surface area contributed by atoms with E-state index in [0.717, 1.165) is 12.8 Å². The molecule has 0 heterocycles. The van der Waals surface area contributed by atoms with Gasteiger partial charge in [-0.25, -0.2) is 0 Å². The number of benzene rings is 4. The fraction of sp³-hybridized carbons (Fsp3) is 0.118. The minimum atomic E-state index is 0. The monoisotopic (exact) mass is 652 g/mol. The molecule has 6 rings (SSSR count). The molecule has 0 amide bonds. The van der Waals surface area contributed by atoms with Crippen molar-refractivity contribution in [1.29, 1.82) is 0 Å². The van der Waals surface area contributed by atoms with E-state index < -0.39 is 0 Å². The molecular formula is C34H33HfP-2. The van der Waals surface area contributed by atoms with Gasteiger partial charge in [-0.1, -0.05) is 72.8 Å². The molecular weight excluding hydrogens is 618 g/mol. The van der Waals surface area contributed by atoms with Crippen molar-refractivity contribution in [3.8, 4) is 0 Å². The molecule has 180 valence electrons. The summed E-state index contributed by atoms with van der Waals surface area (Å²) >= 11 is 0. The van der Waals surface area contributed by atoms with Crippen LogP contribution < -0.4 is 5.30 Å². The van der Waals surface area contributed by atoms with E-state index in [-0.39, 0.29) is 33.8 Å². The average Bonchev–Trinajstić information content (AvgIpc) is 3.57. The second-order valence-electron chi connectivity index (χ2n) is 8.86. The first kappa shape index (κ1) is 28.0. The number of rotatable bonds is 4. The summed E-state index contributed by atoms with van der Waals surface area (Å²) in [5.41, 5.74) is 2.83. The molecule has 0 bridgehead atoms. The van der Waals surface area contributed by atoms with Gasteiger partial charge in [0.15, 0.2) is 0 Å². The van der Waals surface area contributed by atoms with Gasteiger partial charge in [-0.2, -0.15) is 23.6 Å². The van der Waals surface area contributed by atoms with E-state index in [2.05, 4.69) is 153 Å². The summed E-state index contributed by atoms with van der Waals surface area (Å²) < 4.78 is 0. The molecule has 0 nitrogen and oxygen atoms in total. The van der Waals surface area contributed by atoms with E-state index in [1.807, 2.05) is 0 Å². The van der Waals surface area contributed by atoms with Crippen molar-refractivity contribution in [2.24, 2.45) is 0 Å². The van der Waals surface area contributed by atoms with Crippen molar-refractivity contribution >= 4 is 34.8 Å². The quantitative estimate of drug-likeness (QED) is 0.102. The van der Waals surface area contributed by atoms with Gasteiger partial charge in [0, 0.05) is 25.8 Å². The SMILES string of the molecule is CP(C)c1cc2ccccc2[cH-]1.[Hf].c1ccc(CCc2ccccc2)cc1.c1ccc2[cH-]ccc2c1. The number of aryl methyl sites for hydroxylation is 2. The van der Waals surface area contributed by atoms with E-state index in [1.54, 1.807) is 0 Å². The zero-order valence-corrected chi connectivity index (χ0v) is 25.6. The van der Waals surface area contributed by atoms with Crippen molar-refractivity contribution in [1.82, 2.24) is 0 Å². The molecule has 0 atom stereocenters. The summed E-state index contributed by atoms with van der Waals surface area (Å²) in [6.45, 7) is 4.59. The molecule has 6 aromatic carbocycles. The van der Waals surface area contributed by atoms with Gasteiger partial charge >= 0.3 is 0 Å². The molecule has 0 radical (unpaired) electrons. The van der Waals surface area contributed by atoms with Gasteiger partial charge in [0.25, 0.3) is 0 Å². The van der Waals surface area contributed by atoms with E-state index in [4.69, 9.17) is 0 Å². The number of hydrogen-bond donors (Lipinski definition) is 0. The number of fused-ring (bicyclic) bond motifs is 2. The van der Waals surface area contributed by atoms with Crippen LogP contribution in [0.15, 0.2) is 140 Å². The third-order valence-corrected chi connectivity index (χ3v) is 7.35. The molecule has 0 saturated carbocycles. The van der Waals surface area contributed by atoms with Crippen molar-refractivity contribution < 1.29 is 25.8 Å². The van der Waals surface area contributed by atoms with E-state index >= 15 is 0 Å². The van der Waals surface area contributed by atoms with Crippen LogP contribution in [0.2, 0.25) is 0 Å². The van der Waals surface area contributed by atoms with Gasteiger partial charge in [-0.3, -0.25) is 0 Å². The maximum atomic E-state index is 2.31. The van der Waals surface area contributed by atoms with Crippen LogP contribution in [0.25, 0.3) is 21.5 Å². The van der Waals surface area contributed by atoms with Gasteiger partial charge < -0.3 is 0 Å². The molecule has 0 aliphatic heterocycles. The van der Waals surface area contributed by atoms with Crippen LogP contribution in [-0.4, -0.2) is 13.3 Å². The Hall–Kier alpha value is -2.60. The first-order valence-corrected chi connectivity index (χ1v) is 14.4. The Labute approximate surface area is 236 Å². The Morgan fingerprint density at radius 1 is 0.556 bits per heavy atom. The van der Waals surface area contributed by atoms with Crippen LogP contribution in [-0.2, 0) is 38.7 Å². The molecule has 0 unspecified atom stereocenters. The summed E-state index contributed by atoms with van der Waals surface area (Å²) in [4.78, 5) is 0. The van der Waals surface area contributed by atoms with E-state index in [0.29, 0.717) is 0 Å². The number of hydrogen-bond acceptors (Lipinski definition) is 0. The fourth-order valence-electron chi connectivity index (χ4n) is 4.04. The minimum absolute atomic E-state index is 0. The molecule has 0 fully saturated rings. The Bertz CT molecular complexity index is 1310. The standard InChI is InChI=1S/C14H14.C11H12P.C9H7.Hf/c1-3-7-13(8-4-1)11-12-14-9-5-2-6-10-14;1-12(2)11-7-9-5-3-4-6-10(9)8-11;1-2-5-9-7-3-6-8(9)4-1;/h1-10H,11-12H2;3-8H,1-2H3;1-7H;/q;2*-1;. The van der Waals surface area contributed by atoms with E-state index in [9.17, 15) is 0 Å². The van der Waals surface area contributed by atoms with Gasteiger partial charge in [-0.05, 0) is 37.3 Å². The molecule has 36 heavy (non-hydrogen) atoms. The molecule has 0 aliphatic rings. The van der Waals surface area contributed by atoms with Gasteiger partial charge in [-0.15, -0.1) is 77.9 Å². The molecule has 0 spiro atoms. The zero-order valence-electron chi connectivity index (χ0n) is 21.1. The molecule has 6 aromatic rings. The van der Waals surface area contributed by atoms with Gasteiger partial charge in [0.2, 0.25) is 0 Å². The van der Waals surface area contributed by atoms with Crippen molar-refractivity contribution in [3.05, 3.63) is 151 Å². The van der Waals surface area contributed by atoms with Crippen molar-refractivity contribution in [2.75, 3.05) is 13.3 Å². The summed E-state index contributed by atoms with van der Waals surface area (Å²) in [6, 6.07) is 49.1. The van der Waals surface area contributed by atoms with Crippen LogP contribution >= 0.6 is 7.92 Å². The normalized spacial score (nSPS) is 10.2. The maximum Gasteiger partial charge on any atom is 0 e. The summed E-state index contributed by atoms with van der Waals surface area (Å²) in [6.07, 6.45) is 2.26. The van der Waals surface area contributed by atoms with Crippen molar-refractivity contribution in [2.45, 2.75) is 12.8 Å². The summed E-state index contributed by atoms with van der Waals surface area (Å²) in [5.74, 6) is 0. The Kier molecular flexibility index (Phi) is 11.5. The van der Waals surface area contributed by atoms with Gasteiger partial charge in [0.1, 0.15) is 0 Å². The topological polar surface area (TPSA) is 0 Å². The molecule has 0 aliphatic carbocycles. The smallest absolute Gasteiger partial charge is 0 e. The third kappa shape index (κ3) is 8.51. The predicted molar refractivity (Wildman–Crippen MR) is 158 cm³/mol. The Balaban J connectivity index is 0.000000151. The molecule has 0 aromatic heterocycles. The largest absolute Gasteiger partial charge is 0.168 e. The van der Waals surface area contributed by atoms with Crippen LogP contribution in [0.1, 0.15) is 11.1 Å². The van der Waals surface area contributed by atoms with Crippen LogP contribution in [0.3, 0.4) is 0 Å². The van der Waals surface area contributed by atoms with Crippen LogP contribution in [0, 0.1) is 0 Å². The zero-order chi connectivity index (χ0) is 24.3. The molecule has 0 saturated heterocycles. The van der Waals surface area contributed by atoms with Crippen LogP contribution in [0.4, 0.5) is 0 Å². The molecule has 2 heteroatoms. The van der Waals surface area contributed by atoms with Crippen LogP contribution in [0.5, 0.6) is 0 Å². The summed E-state index contributed by atoms with van der Waals surface area (Å²) in [5, 5.41) is 6.92. The maximum absolute atomic E-state index is 2.31. The first-order chi connectivity index (χ1) is 17.2. The first-order valence-electron chi connectivity index (χ1n) is 12.2. The minimum Gasteiger partial charge on any atom is -0.168 e. The predicted octanol–water partition coefficient (Wildman–Crippen LogP) is 8.95. The fourth-order valence-corrected chi connectivity index (χ4v) is 4.83. The van der Waals surface area contributed by atoms with E-state index in [1.165, 1.54) is 38.0 Å². The second kappa shape index (κ2) is 14.8. The summed E-state index contributed by atoms with van der Waals surface area (Å²) in [7, 11) is 0.0576. The average molecular weight is 651 g/mol.